The monoisotopic (exact) mass is 280 g/mol. The van der Waals surface area contributed by atoms with Crippen molar-refractivity contribution in [3.8, 4) is 0 Å². The van der Waals surface area contributed by atoms with Crippen molar-refractivity contribution in [2.75, 3.05) is 0 Å². The van der Waals surface area contributed by atoms with Crippen LogP contribution in [0, 0.1) is 5.92 Å². The lowest BCUT2D eigenvalue weighted by molar-refractivity contribution is -0.0533. The maximum Gasteiger partial charge on any atom is 0.534 e. The van der Waals surface area contributed by atoms with Crippen LogP contribution in [0.15, 0.2) is 11.8 Å². The van der Waals surface area contributed by atoms with Gasteiger partial charge in [-0.05, 0) is 19.4 Å². The molecule has 0 saturated carbocycles. The van der Waals surface area contributed by atoms with E-state index in [1.54, 1.807) is 0 Å². The van der Waals surface area contributed by atoms with Crippen LogP contribution in [0.25, 0.3) is 0 Å². The van der Waals surface area contributed by atoms with Crippen molar-refractivity contribution in [3.05, 3.63) is 11.8 Å². The van der Waals surface area contributed by atoms with E-state index in [1.807, 2.05) is 0 Å². The molecule has 100 valence electrons. The third kappa shape index (κ3) is 3.30. The molecule has 0 heterocycles. The molecule has 0 aromatic heterocycles. The van der Waals surface area contributed by atoms with Gasteiger partial charge in [-0.15, -0.1) is 0 Å². The van der Waals surface area contributed by atoms with E-state index < -0.39 is 39.6 Å². The summed E-state index contributed by atoms with van der Waals surface area (Å²) in [5, 5.41) is 0. The van der Waals surface area contributed by atoms with Crippen molar-refractivity contribution in [3.63, 3.8) is 0 Å². The van der Waals surface area contributed by atoms with E-state index in [2.05, 4.69) is 4.18 Å². The van der Waals surface area contributed by atoms with Crippen molar-refractivity contribution in [1.82, 2.24) is 0 Å². The minimum absolute atomic E-state index is 0.216. The van der Waals surface area contributed by atoms with Crippen LogP contribution in [-0.4, -0.2) is 19.8 Å². The summed E-state index contributed by atoms with van der Waals surface area (Å²) in [6.07, 6.45) is 0.191. The van der Waals surface area contributed by atoms with E-state index in [1.165, 1.54) is 0 Å². The fourth-order valence-corrected chi connectivity index (χ4v) is 1.84. The quantitative estimate of drug-likeness (QED) is 0.453. The Hall–Kier alpha value is -0.860. The zero-order valence-corrected chi connectivity index (χ0v) is 9.41. The van der Waals surface area contributed by atoms with E-state index in [0.29, 0.717) is 6.92 Å². The van der Waals surface area contributed by atoms with E-state index in [9.17, 15) is 30.4 Å². The molecule has 0 N–H and O–H groups in total. The van der Waals surface area contributed by atoms with Crippen LogP contribution in [-0.2, 0) is 14.3 Å². The Morgan fingerprint density at radius 2 is 1.82 bits per heavy atom. The molecule has 1 rings (SSSR count). The summed E-state index contributed by atoms with van der Waals surface area (Å²) < 4.78 is 86.3. The minimum atomic E-state index is -5.76. The Kier molecular flexibility index (Phi) is 3.43. The number of hydrogen-bond acceptors (Lipinski definition) is 3. The van der Waals surface area contributed by atoms with Gasteiger partial charge in [0.05, 0.1) is 0 Å². The maximum absolute atomic E-state index is 12.8. The molecule has 17 heavy (non-hydrogen) atoms. The highest BCUT2D eigenvalue weighted by atomic mass is 32.2. The van der Waals surface area contributed by atoms with Gasteiger partial charge < -0.3 is 4.18 Å². The molecular formula is C8H9F5O3S. The lowest BCUT2D eigenvalue weighted by Crippen LogP contribution is -2.26. The number of alkyl halides is 5. The van der Waals surface area contributed by atoms with Gasteiger partial charge in [-0.3, -0.25) is 0 Å². The zero-order valence-electron chi connectivity index (χ0n) is 8.59. The normalized spacial score (nSPS) is 22.5. The summed E-state index contributed by atoms with van der Waals surface area (Å²) in [4.78, 5) is 0. The van der Waals surface area contributed by atoms with E-state index in [4.69, 9.17) is 0 Å². The average molecular weight is 280 g/mol. The van der Waals surface area contributed by atoms with Gasteiger partial charge >= 0.3 is 15.6 Å². The zero-order chi connectivity index (χ0) is 13.5. The molecule has 0 amide bonds. The average Bonchev–Trinajstić information content (AvgIpc) is 2.48. The molecule has 1 aliphatic carbocycles. The van der Waals surface area contributed by atoms with Gasteiger partial charge in [0.25, 0.3) is 0 Å². The molecule has 0 aromatic rings. The second kappa shape index (κ2) is 4.11. The Morgan fingerprint density at radius 1 is 1.29 bits per heavy atom. The van der Waals surface area contributed by atoms with Crippen LogP contribution in [0.3, 0.4) is 0 Å². The van der Waals surface area contributed by atoms with Crippen LogP contribution in [0.2, 0.25) is 0 Å². The molecule has 9 heteroatoms. The van der Waals surface area contributed by atoms with Gasteiger partial charge in [0, 0.05) is 12.3 Å². The van der Waals surface area contributed by atoms with Gasteiger partial charge in [0.1, 0.15) is 5.76 Å². The van der Waals surface area contributed by atoms with Crippen LogP contribution < -0.4 is 0 Å². The Bertz CT molecular complexity index is 417. The lowest BCUT2D eigenvalue weighted by atomic mass is 10.0. The van der Waals surface area contributed by atoms with E-state index >= 15 is 0 Å². The topological polar surface area (TPSA) is 43.4 Å². The summed E-state index contributed by atoms with van der Waals surface area (Å²) in [5.41, 5.74) is -5.55. The van der Waals surface area contributed by atoms with Crippen molar-refractivity contribution in [2.45, 2.75) is 31.2 Å². The summed E-state index contributed by atoms with van der Waals surface area (Å²) in [7, 11) is -5.76. The first-order chi connectivity index (χ1) is 7.43. The first-order valence-corrected chi connectivity index (χ1v) is 5.92. The highest BCUT2D eigenvalue weighted by Crippen LogP contribution is 2.39. The predicted octanol–water partition coefficient (Wildman–Crippen LogP) is 2.80. The standard InChI is InChI=1S/C8H9F5O3S/c1-7(9,10)5-2-3-6(4-5)16-17(14,15)8(11,12)13/h3,5H,2,4H2,1H3. The Morgan fingerprint density at radius 3 is 2.18 bits per heavy atom. The summed E-state index contributed by atoms with van der Waals surface area (Å²) in [5.74, 6) is -4.92. The fraction of sp³-hybridized carbons (Fsp3) is 0.750. The SMILES string of the molecule is CC(F)(F)C1CC=C(OS(=O)(=O)C(F)(F)F)C1. The summed E-state index contributed by atoms with van der Waals surface area (Å²) >= 11 is 0. The smallest absolute Gasteiger partial charge is 0.381 e. The number of rotatable bonds is 3. The number of hydrogen-bond donors (Lipinski definition) is 0. The van der Waals surface area contributed by atoms with Crippen LogP contribution >= 0.6 is 0 Å². The predicted molar refractivity (Wildman–Crippen MR) is 47.5 cm³/mol. The summed E-state index contributed by atoms with van der Waals surface area (Å²) in [6, 6.07) is 0. The molecule has 0 saturated heterocycles. The van der Waals surface area contributed by atoms with Gasteiger partial charge in [0.2, 0.25) is 5.92 Å². The lowest BCUT2D eigenvalue weighted by Gasteiger charge is -2.18. The molecule has 0 spiro atoms. The molecule has 1 aliphatic rings. The third-order valence-electron chi connectivity index (χ3n) is 2.29. The van der Waals surface area contributed by atoms with Crippen molar-refractivity contribution in [1.29, 1.82) is 0 Å². The van der Waals surface area contributed by atoms with Crippen LogP contribution in [0.5, 0.6) is 0 Å². The maximum atomic E-state index is 12.8. The minimum Gasteiger partial charge on any atom is -0.381 e. The van der Waals surface area contributed by atoms with Crippen molar-refractivity contribution in [2.24, 2.45) is 5.92 Å². The first kappa shape index (κ1) is 14.2. The number of halogens is 5. The van der Waals surface area contributed by atoms with Crippen molar-refractivity contribution >= 4 is 10.1 Å². The van der Waals surface area contributed by atoms with Gasteiger partial charge in [0.15, 0.2) is 0 Å². The fourth-order valence-electron chi connectivity index (χ4n) is 1.33. The van der Waals surface area contributed by atoms with Gasteiger partial charge in [-0.2, -0.15) is 21.6 Å². The molecule has 0 radical (unpaired) electrons. The van der Waals surface area contributed by atoms with Crippen LogP contribution in [0.4, 0.5) is 22.0 Å². The van der Waals surface area contributed by atoms with Gasteiger partial charge in [-0.25, -0.2) is 8.78 Å². The molecule has 0 fully saturated rings. The van der Waals surface area contributed by atoms with E-state index in [-0.39, 0.29) is 6.42 Å². The Balaban J connectivity index is 2.70. The highest BCUT2D eigenvalue weighted by Gasteiger charge is 2.49. The Labute approximate surface area is 94.4 Å². The van der Waals surface area contributed by atoms with Crippen LogP contribution in [0.1, 0.15) is 19.8 Å². The molecule has 1 unspecified atom stereocenters. The number of allylic oxidation sites excluding steroid dienone is 2. The molecule has 0 bridgehead atoms. The molecule has 1 atom stereocenters. The van der Waals surface area contributed by atoms with E-state index in [0.717, 1.165) is 6.08 Å². The second-order valence-corrected chi connectivity index (χ2v) is 5.28. The third-order valence-corrected chi connectivity index (χ3v) is 3.30. The molecular weight excluding hydrogens is 271 g/mol. The molecule has 0 aromatic carbocycles. The second-order valence-electron chi connectivity index (χ2n) is 3.75. The molecule has 3 nitrogen and oxygen atoms in total. The first-order valence-electron chi connectivity index (χ1n) is 4.51. The largest absolute Gasteiger partial charge is 0.534 e. The van der Waals surface area contributed by atoms with Crippen molar-refractivity contribution < 1.29 is 34.6 Å². The summed E-state index contributed by atoms with van der Waals surface area (Å²) in [6.45, 7) is 0.618. The highest BCUT2D eigenvalue weighted by molar-refractivity contribution is 7.87. The molecule has 0 aliphatic heterocycles. The van der Waals surface area contributed by atoms with Gasteiger partial charge in [-0.1, -0.05) is 0 Å².